The Morgan fingerprint density at radius 3 is 2.35 bits per heavy atom. The zero-order chi connectivity index (χ0) is 27.2. The number of carbonyl (C=O) groups excluding carboxylic acids is 3. The summed E-state index contributed by atoms with van der Waals surface area (Å²) in [6.45, 7) is 15.6. The predicted molar refractivity (Wildman–Crippen MR) is 142 cm³/mol. The summed E-state index contributed by atoms with van der Waals surface area (Å²) in [5.41, 5.74) is -1.85. The van der Waals surface area contributed by atoms with Crippen LogP contribution in [0.3, 0.4) is 0 Å². The Morgan fingerprint density at radius 1 is 1.14 bits per heavy atom. The molecule has 2 unspecified atom stereocenters. The van der Waals surface area contributed by atoms with Crippen LogP contribution in [0, 0.1) is 11.8 Å². The molecule has 5 atom stereocenters. The molecule has 1 spiro atoms. The molecule has 3 aliphatic heterocycles. The molecule has 0 aromatic heterocycles. The summed E-state index contributed by atoms with van der Waals surface area (Å²) in [6, 6.07) is 8.37. The highest BCUT2D eigenvalue weighted by atomic mass is 16.5. The molecule has 4 rings (SSSR count). The molecule has 3 saturated heterocycles. The number of aliphatic hydroxyl groups is 1. The zero-order valence-electron chi connectivity index (χ0n) is 22.4. The molecule has 3 heterocycles. The molecule has 8 heteroatoms. The van der Waals surface area contributed by atoms with Gasteiger partial charge in [-0.2, -0.15) is 0 Å². The van der Waals surface area contributed by atoms with E-state index in [0.717, 1.165) is 0 Å². The Labute approximate surface area is 219 Å². The van der Waals surface area contributed by atoms with E-state index in [9.17, 15) is 19.5 Å². The minimum absolute atomic E-state index is 0.00436. The van der Waals surface area contributed by atoms with Gasteiger partial charge in [-0.25, -0.2) is 0 Å². The van der Waals surface area contributed by atoms with Crippen LogP contribution in [-0.2, 0) is 19.1 Å². The third kappa shape index (κ3) is 4.20. The van der Waals surface area contributed by atoms with E-state index in [1.165, 1.54) is 4.90 Å². The second-order valence-electron chi connectivity index (χ2n) is 11.5. The molecule has 2 bridgehead atoms. The number of amides is 3. The summed E-state index contributed by atoms with van der Waals surface area (Å²) in [6.07, 6.45) is 4.37. The van der Waals surface area contributed by atoms with E-state index in [1.807, 2.05) is 58.0 Å². The van der Waals surface area contributed by atoms with Gasteiger partial charge < -0.3 is 24.5 Å². The lowest BCUT2D eigenvalue weighted by atomic mass is 9.66. The zero-order valence-corrected chi connectivity index (χ0v) is 22.4. The molecule has 3 fully saturated rings. The highest BCUT2D eigenvalue weighted by Crippen LogP contribution is 2.63. The van der Waals surface area contributed by atoms with Crippen LogP contribution in [-0.4, -0.2) is 81.7 Å². The minimum Gasteiger partial charge on any atom is -0.395 e. The number of ether oxygens (including phenoxy) is 1. The lowest BCUT2D eigenvalue weighted by Gasteiger charge is -2.42. The molecule has 0 saturated carbocycles. The van der Waals surface area contributed by atoms with Gasteiger partial charge in [-0.1, -0.05) is 30.4 Å². The quantitative estimate of drug-likeness (QED) is 0.517. The Hall–Kier alpha value is -2.97. The van der Waals surface area contributed by atoms with Gasteiger partial charge in [-0.15, -0.1) is 13.2 Å². The molecule has 0 radical (unpaired) electrons. The third-order valence-electron chi connectivity index (χ3n) is 8.15. The van der Waals surface area contributed by atoms with Crippen molar-refractivity contribution in [1.29, 1.82) is 0 Å². The van der Waals surface area contributed by atoms with Gasteiger partial charge in [0.05, 0.1) is 24.0 Å². The van der Waals surface area contributed by atoms with E-state index in [4.69, 9.17) is 4.74 Å². The molecule has 3 amide bonds. The first kappa shape index (κ1) is 27.1. The van der Waals surface area contributed by atoms with Crippen LogP contribution < -0.4 is 4.90 Å². The number of nitrogens with zero attached hydrogens (tertiary/aromatic N) is 3. The van der Waals surface area contributed by atoms with Crippen molar-refractivity contribution in [1.82, 2.24) is 9.80 Å². The van der Waals surface area contributed by atoms with E-state index in [-0.39, 0.29) is 37.4 Å². The Bertz CT molecular complexity index is 1080. The van der Waals surface area contributed by atoms with Crippen molar-refractivity contribution >= 4 is 23.4 Å². The van der Waals surface area contributed by atoms with Gasteiger partial charge >= 0.3 is 0 Å². The van der Waals surface area contributed by atoms with Crippen molar-refractivity contribution in [2.24, 2.45) is 11.8 Å². The summed E-state index contributed by atoms with van der Waals surface area (Å²) in [7, 11) is 0. The topological polar surface area (TPSA) is 90.4 Å². The Morgan fingerprint density at radius 2 is 1.78 bits per heavy atom. The monoisotopic (exact) mass is 509 g/mol. The van der Waals surface area contributed by atoms with Crippen LogP contribution in [0.25, 0.3) is 0 Å². The van der Waals surface area contributed by atoms with Gasteiger partial charge in [-0.05, 0) is 52.7 Å². The molecular weight excluding hydrogens is 470 g/mol. The average Bonchev–Trinajstić information content (AvgIpc) is 3.41. The number of β-amino-alcohol motifs (C(OH)–C–C–N with tert-alkyl or cyclic N) is 1. The highest BCUT2D eigenvalue weighted by Gasteiger charge is 2.78. The van der Waals surface area contributed by atoms with E-state index >= 15 is 0 Å². The first-order chi connectivity index (χ1) is 17.5. The van der Waals surface area contributed by atoms with Gasteiger partial charge in [0.25, 0.3) is 0 Å². The number of hydrogen-bond acceptors (Lipinski definition) is 5. The smallest absolute Gasteiger partial charge is 0.249 e. The second kappa shape index (κ2) is 9.72. The molecule has 3 aliphatic rings. The Kier molecular flexibility index (Phi) is 7.12. The molecular formula is C29H39N3O5. The predicted octanol–water partition coefficient (Wildman–Crippen LogP) is 2.78. The standard InChI is InChI=1S/C29H39N3O5/c1-7-16-30(20-12-10-9-11-13-20)24(34)21-22-25(35)31(18-19-33)23(29(22)15-14-28(21,6)37-29)26(36)32(17-8-2)27(3,4)5/h7-13,21-23,33H,1-2,14-19H2,3-6H3/t21-,22-,23?,28+,29?/m0/s1. The van der Waals surface area contributed by atoms with Crippen molar-refractivity contribution in [2.75, 3.05) is 31.1 Å². The normalized spacial score (nSPS) is 30.2. The summed E-state index contributed by atoms with van der Waals surface area (Å²) in [4.78, 5) is 47.2. The maximum atomic E-state index is 14.2. The number of likely N-dealkylation sites (tertiary alicyclic amines) is 1. The molecule has 37 heavy (non-hydrogen) atoms. The molecule has 1 aromatic rings. The number of anilines is 1. The third-order valence-corrected chi connectivity index (χ3v) is 8.15. The molecule has 1 aromatic carbocycles. The van der Waals surface area contributed by atoms with Crippen LogP contribution in [0.4, 0.5) is 5.69 Å². The van der Waals surface area contributed by atoms with Gasteiger partial charge in [0.1, 0.15) is 11.6 Å². The van der Waals surface area contributed by atoms with E-state index in [1.54, 1.807) is 22.0 Å². The number of aliphatic hydroxyl groups excluding tert-OH is 1. The summed E-state index contributed by atoms with van der Waals surface area (Å²) >= 11 is 0. The maximum Gasteiger partial charge on any atom is 0.249 e. The fourth-order valence-electron chi connectivity index (χ4n) is 6.63. The van der Waals surface area contributed by atoms with Crippen LogP contribution in [0.15, 0.2) is 55.6 Å². The number of para-hydroxylation sites is 1. The van der Waals surface area contributed by atoms with Gasteiger partial charge in [0, 0.05) is 30.9 Å². The molecule has 200 valence electrons. The first-order valence-electron chi connectivity index (χ1n) is 13.0. The lowest BCUT2D eigenvalue weighted by Crippen LogP contribution is -2.60. The number of benzene rings is 1. The van der Waals surface area contributed by atoms with Crippen LogP contribution in [0.1, 0.15) is 40.5 Å². The van der Waals surface area contributed by atoms with Crippen molar-refractivity contribution in [3.8, 4) is 0 Å². The number of hydrogen-bond donors (Lipinski definition) is 1. The maximum absolute atomic E-state index is 14.2. The minimum atomic E-state index is -1.14. The largest absolute Gasteiger partial charge is 0.395 e. The van der Waals surface area contributed by atoms with Gasteiger partial charge in [0.2, 0.25) is 17.7 Å². The van der Waals surface area contributed by atoms with Crippen molar-refractivity contribution in [2.45, 2.75) is 63.3 Å². The average molecular weight is 510 g/mol. The number of carbonyl (C=O) groups is 3. The fraction of sp³-hybridized carbons (Fsp3) is 0.552. The van der Waals surface area contributed by atoms with E-state index in [0.29, 0.717) is 25.1 Å². The molecule has 0 aliphatic carbocycles. The highest BCUT2D eigenvalue weighted by molar-refractivity contribution is 6.03. The van der Waals surface area contributed by atoms with Crippen LogP contribution in [0.5, 0.6) is 0 Å². The molecule has 1 N–H and O–H groups in total. The summed E-state index contributed by atoms with van der Waals surface area (Å²) in [5, 5.41) is 9.85. The van der Waals surface area contributed by atoms with Crippen molar-refractivity contribution in [3.63, 3.8) is 0 Å². The van der Waals surface area contributed by atoms with Gasteiger partial charge in [-0.3, -0.25) is 14.4 Å². The SMILES string of the molecule is C=CCN(C(=O)[C@@H]1[C@H]2C(=O)N(CCO)C(C(=O)N(CC=C)C(C)(C)C)C23CC[C@@]1(C)O3)c1ccccc1. The molecule has 8 nitrogen and oxygen atoms in total. The van der Waals surface area contributed by atoms with Crippen LogP contribution >= 0.6 is 0 Å². The lowest BCUT2D eigenvalue weighted by molar-refractivity contribution is -0.155. The Balaban J connectivity index is 1.80. The first-order valence-corrected chi connectivity index (χ1v) is 13.0. The summed E-state index contributed by atoms with van der Waals surface area (Å²) in [5.74, 6) is -2.37. The second-order valence-corrected chi connectivity index (χ2v) is 11.5. The summed E-state index contributed by atoms with van der Waals surface area (Å²) < 4.78 is 6.70. The number of rotatable bonds is 9. The fourth-order valence-corrected chi connectivity index (χ4v) is 6.63. The van der Waals surface area contributed by atoms with Crippen molar-refractivity contribution < 1.29 is 24.2 Å². The number of fused-ring (bicyclic) bond motifs is 1. The van der Waals surface area contributed by atoms with Crippen molar-refractivity contribution in [3.05, 3.63) is 55.6 Å². The van der Waals surface area contributed by atoms with E-state index in [2.05, 4.69) is 13.2 Å². The van der Waals surface area contributed by atoms with Crippen LogP contribution in [0.2, 0.25) is 0 Å². The van der Waals surface area contributed by atoms with E-state index < -0.39 is 34.6 Å². The van der Waals surface area contributed by atoms with Gasteiger partial charge in [0.15, 0.2) is 0 Å².